The van der Waals surface area contributed by atoms with Crippen LogP contribution in [0.2, 0.25) is 0 Å². The SMILES string of the molecule is CCCCN(CC1CNCCO1)C1CC1. The van der Waals surface area contributed by atoms with Gasteiger partial charge in [-0.05, 0) is 25.8 Å². The molecule has 1 atom stereocenters. The van der Waals surface area contributed by atoms with E-state index >= 15 is 0 Å². The molecule has 0 aromatic heterocycles. The van der Waals surface area contributed by atoms with E-state index < -0.39 is 0 Å². The van der Waals surface area contributed by atoms with Crippen LogP contribution in [0.1, 0.15) is 32.6 Å². The summed E-state index contributed by atoms with van der Waals surface area (Å²) < 4.78 is 5.76. The molecule has 1 saturated carbocycles. The first-order valence-corrected chi connectivity index (χ1v) is 6.46. The van der Waals surface area contributed by atoms with Crippen molar-refractivity contribution in [2.24, 2.45) is 0 Å². The van der Waals surface area contributed by atoms with E-state index in [9.17, 15) is 0 Å². The number of ether oxygens (including phenoxy) is 1. The molecule has 0 aromatic rings. The highest BCUT2D eigenvalue weighted by atomic mass is 16.5. The van der Waals surface area contributed by atoms with Gasteiger partial charge in [-0.25, -0.2) is 0 Å². The molecule has 88 valence electrons. The van der Waals surface area contributed by atoms with Crippen LogP contribution in [-0.2, 0) is 4.74 Å². The number of rotatable bonds is 6. The Balaban J connectivity index is 1.72. The van der Waals surface area contributed by atoms with E-state index in [1.807, 2.05) is 0 Å². The third kappa shape index (κ3) is 3.74. The lowest BCUT2D eigenvalue weighted by molar-refractivity contribution is 0.00363. The Labute approximate surface area is 93.2 Å². The molecule has 2 fully saturated rings. The number of nitrogens with zero attached hydrogens (tertiary/aromatic N) is 1. The van der Waals surface area contributed by atoms with Crippen LogP contribution < -0.4 is 5.32 Å². The fourth-order valence-corrected chi connectivity index (χ4v) is 2.22. The van der Waals surface area contributed by atoms with E-state index in [1.165, 1.54) is 32.2 Å². The number of morpholine rings is 1. The Morgan fingerprint density at radius 1 is 1.40 bits per heavy atom. The molecule has 1 unspecified atom stereocenters. The van der Waals surface area contributed by atoms with Gasteiger partial charge in [-0.3, -0.25) is 4.90 Å². The monoisotopic (exact) mass is 212 g/mol. The molecule has 3 heteroatoms. The van der Waals surface area contributed by atoms with Crippen LogP contribution >= 0.6 is 0 Å². The Bertz CT molecular complexity index is 176. The van der Waals surface area contributed by atoms with E-state index in [0.29, 0.717) is 6.10 Å². The zero-order chi connectivity index (χ0) is 10.5. The molecule has 0 spiro atoms. The van der Waals surface area contributed by atoms with Gasteiger partial charge >= 0.3 is 0 Å². The molecular formula is C12H24N2O. The highest BCUT2D eigenvalue weighted by Crippen LogP contribution is 2.27. The topological polar surface area (TPSA) is 24.5 Å². The fourth-order valence-electron chi connectivity index (χ4n) is 2.22. The summed E-state index contributed by atoms with van der Waals surface area (Å²) in [5.41, 5.74) is 0. The van der Waals surface area contributed by atoms with Gasteiger partial charge in [0.25, 0.3) is 0 Å². The molecule has 3 nitrogen and oxygen atoms in total. The quantitative estimate of drug-likeness (QED) is 0.717. The Morgan fingerprint density at radius 3 is 2.87 bits per heavy atom. The highest BCUT2D eigenvalue weighted by Gasteiger charge is 2.30. The first-order valence-electron chi connectivity index (χ1n) is 6.46. The van der Waals surface area contributed by atoms with Gasteiger partial charge in [0.2, 0.25) is 0 Å². The summed E-state index contributed by atoms with van der Waals surface area (Å²) in [5.74, 6) is 0. The first-order chi connectivity index (χ1) is 7.40. The third-order valence-corrected chi connectivity index (χ3v) is 3.30. The van der Waals surface area contributed by atoms with Gasteiger partial charge < -0.3 is 10.1 Å². The lowest BCUT2D eigenvalue weighted by Crippen LogP contribution is -2.46. The smallest absolute Gasteiger partial charge is 0.0826 e. The Morgan fingerprint density at radius 2 is 2.27 bits per heavy atom. The maximum Gasteiger partial charge on any atom is 0.0826 e. The number of hydrogen-bond acceptors (Lipinski definition) is 3. The highest BCUT2D eigenvalue weighted by molar-refractivity contribution is 4.86. The Kier molecular flexibility index (Phi) is 4.42. The molecule has 1 aliphatic heterocycles. The van der Waals surface area contributed by atoms with Gasteiger partial charge in [-0.15, -0.1) is 0 Å². The van der Waals surface area contributed by atoms with Crippen molar-refractivity contribution in [2.75, 3.05) is 32.8 Å². The van der Waals surface area contributed by atoms with Crippen LogP contribution in [0.15, 0.2) is 0 Å². The summed E-state index contributed by atoms with van der Waals surface area (Å²) in [7, 11) is 0. The van der Waals surface area contributed by atoms with Crippen LogP contribution in [0.3, 0.4) is 0 Å². The number of nitrogens with one attached hydrogen (secondary N) is 1. The Hall–Kier alpha value is -0.120. The average Bonchev–Trinajstić information content (AvgIpc) is 3.09. The molecule has 1 N–H and O–H groups in total. The van der Waals surface area contributed by atoms with E-state index in [1.54, 1.807) is 0 Å². The molecule has 0 aromatic carbocycles. The normalized spacial score (nSPS) is 27.2. The summed E-state index contributed by atoms with van der Waals surface area (Å²) in [6.07, 6.45) is 5.87. The summed E-state index contributed by atoms with van der Waals surface area (Å²) >= 11 is 0. The van der Waals surface area contributed by atoms with Crippen molar-refractivity contribution in [2.45, 2.75) is 44.8 Å². The predicted molar refractivity (Wildman–Crippen MR) is 62.1 cm³/mol. The summed E-state index contributed by atoms with van der Waals surface area (Å²) in [6, 6.07) is 0.877. The molecule has 0 bridgehead atoms. The van der Waals surface area contributed by atoms with Gasteiger partial charge in [0.15, 0.2) is 0 Å². The van der Waals surface area contributed by atoms with E-state index in [4.69, 9.17) is 4.74 Å². The maximum absolute atomic E-state index is 5.76. The average molecular weight is 212 g/mol. The molecule has 1 aliphatic carbocycles. The molecule has 15 heavy (non-hydrogen) atoms. The second kappa shape index (κ2) is 5.83. The second-order valence-electron chi connectivity index (χ2n) is 4.78. The van der Waals surface area contributed by atoms with Crippen molar-refractivity contribution >= 4 is 0 Å². The van der Waals surface area contributed by atoms with Gasteiger partial charge in [0, 0.05) is 25.7 Å². The van der Waals surface area contributed by atoms with Crippen LogP contribution in [0, 0.1) is 0 Å². The summed E-state index contributed by atoms with van der Waals surface area (Å²) in [5, 5.41) is 3.40. The number of hydrogen-bond donors (Lipinski definition) is 1. The first kappa shape index (κ1) is 11.4. The maximum atomic E-state index is 5.76. The van der Waals surface area contributed by atoms with E-state index in [0.717, 1.165) is 32.3 Å². The minimum Gasteiger partial charge on any atom is -0.374 e. The van der Waals surface area contributed by atoms with Crippen LogP contribution in [0.25, 0.3) is 0 Å². The predicted octanol–water partition coefficient (Wildman–Crippen LogP) is 1.24. The minimum atomic E-state index is 0.427. The van der Waals surface area contributed by atoms with Crippen molar-refractivity contribution in [3.63, 3.8) is 0 Å². The molecule has 2 rings (SSSR count). The zero-order valence-electron chi connectivity index (χ0n) is 9.87. The lowest BCUT2D eigenvalue weighted by atomic mass is 10.2. The van der Waals surface area contributed by atoms with Crippen LogP contribution in [0.5, 0.6) is 0 Å². The van der Waals surface area contributed by atoms with Gasteiger partial charge in [-0.2, -0.15) is 0 Å². The lowest BCUT2D eigenvalue weighted by Gasteiger charge is -2.30. The van der Waals surface area contributed by atoms with Gasteiger partial charge in [0.05, 0.1) is 12.7 Å². The second-order valence-corrected chi connectivity index (χ2v) is 4.78. The largest absolute Gasteiger partial charge is 0.374 e. The van der Waals surface area contributed by atoms with Crippen molar-refractivity contribution in [3.05, 3.63) is 0 Å². The summed E-state index contributed by atoms with van der Waals surface area (Å²) in [4.78, 5) is 2.64. The molecule has 0 radical (unpaired) electrons. The molecule has 2 aliphatic rings. The summed E-state index contributed by atoms with van der Waals surface area (Å²) in [6.45, 7) is 7.61. The van der Waals surface area contributed by atoms with Crippen molar-refractivity contribution in [3.8, 4) is 0 Å². The molecule has 0 amide bonds. The van der Waals surface area contributed by atoms with E-state index in [2.05, 4.69) is 17.1 Å². The van der Waals surface area contributed by atoms with E-state index in [-0.39, 0.29) is 0 Å². The zero-order valence-corrected chi connectivity index (χ0v) is 9.87. The van der Waals surface area contributed by atoms with Crippen molar-refractivity contribution < 1.29 is 4.74 Å². The minimum absolute atomic E-state index is 0.427. The van der Waals surface area contributed by atoms with Gasteiger partial charge in [0.1, 0.15) is 0 Å². The molecule has 1 heterocycles. The van der Waals surface area contributed by atoms with Crippen LogP contribution in [-0.4, -0.2) is 49.8 Å². The number of unbranched alkanes of at least 4 members (excludes halogenated alkanes) is 1. The standard InChI is InChI=1S/C12H24N2O/c1-2-3-7-14(11-4-5-11)10-12-9-13-6-8-15-12/h11-13H,2-10H2,1H3. The van der Waals surface area contributed by atoms with Crippen molar-refractivity contribution in [1.82, 2.24) is 10.2 Å². The van der Waals surface area contributed by atoms with Crippen molar-refractivity contribution in [1.29, 1.82) is 0 Å². The van der Waals surface area contributed by atoms with Gasteiger partial charge in [-0.1, -0.05) is 13.3 Å². The molecule has 1 saturated heterocycles. The fraction of sp³-hybridized carbons (Fsp3) is 1.00. The third-order valence-electron chi connectivity index (χ3n) is 3.30. The van der Waals surface area contributed by atoms with Crippen LogP contribution in [0.4, 0.5) is 0 Å². The molecular weight excluding hydrogens is 188 g/mol.